The molecular weight excluding hydrogens is 402 g/mol. The first-order chi connectivity index (χ1) is 13.5. The molecule has 3 unspecified atom stereocenters. The number of hydrogen-bond acceptors (Lipinski definition) is 8. The summed E-state index contributed by atoms with van der Waals surface area (Å²) in [6, 6.07) is 7.24. The lowest BCUT2D eigenvalue weighted by Gasteiger charge is -2.34. The molecule has 1 N–H and O–H groups in total. The second kappa shape index (κ2) is 8.83. The molecule has 2 aromatic rings. The van der Waals surface area contributed by atoms with Crippen LogP contribution in [0.15, 0.2) is 34.1 Å². The Kier molecular flexibility index (Phi) is 6.46. The average Bonchev–Trinajstić information content (AvgIpc) is 3.06. The molecule has 2 heterocycles. The molecule has 1 aliphatic rings. The number of thioether (sulfide) groups is 1. The fourth-order valence-corrected chi connectivity index (χ4v) is 5.71. The van der Waals surface area contributed by atoms with Gasteiger partial charge in [-0.25, -0.2) is 0 Å². The number of aromatic amines is 1. The van der Waals surface area contributed by atoms with Gasteiger partial charge in [0.15, 0.2) is 0 Å². The summed E-state index contributed by atoms with van der Waals surface area (Å²) in [6.45, 7) is 3.83. The minimum absolute atomic E-state index is 0.196. The lowest BCUT2D eigenvalue weighted by atomic mass is 9.82. The van der Waals surface area contributed by atoms with Gasteiger partial charge in [0, 0.05) is 10.8 Å². The van der Waals surface area contributed by atoms with Gasteiger partial charge in [0.25, 0.3) is 0 Å². The van der Waals surface area contributed by atoms with Gasteiger partial charge in [0.1, 0.15) is 11.0 Å². The number of hydrogen-bond donors (Lipinski definition) is 1. The number of ether oxygens (including phenoxy) is 3. The molecule has 3 rings (SSSR count). The van der Waals surface area contributed by atoms with Crippen LogP contribution in [-0.4, -0.2) is 42.5 Å². The van der Waals surface area contributed by atoms with Gasteiger partial charge in [-0.05, 0) is 31.5 Å². The van der Waals surface area contributed by atoms with Gasteiger partial charge >= 0.3 is 16.8 Å². The van der Waals surface area contributed by atoms with Gasteiger partial charge in [-0.1, -0.05) is 35.2 Å². The standard InChI is InChI=1S/C19H21NO6S2/c1-4-25-17(21)13-12(10-6-8-11(24-3)9-7-10)14-16(20-19(23)28-14)27-15(13)18(22)26-5-2/h6-9,12-13,15H,4-5H2,1-3H3,(H,20,23). The van der Waals surface area contributed by atoms with Crippen LogP contribution in [0.5, 0.6) is 5.75 Å². The number of fused-ring (bicyclic) bond motifs is 1. The van der Waals surface area contributed by atoms with Crippen LogP contribution in [0.4, 0.5) is 0 Å². The van der Waals surface area contributed by atoms with E-state index in [2.05, 4.69) is 4.98 Å². The van der Waals surface area contributed by atoms with Crippen molar-refractivity contribution in [2.75, 3.05) is 20.3 Å². The van der Waals surface area contributed by atoms with Crippen molar-refractivity contribution >= 4 is 35.0 Å². The number of carbonyl (C=O) groups excluding carboxylic acids is 2. The molecular formula is C19H21NO6S2. The van der Waals surface area contributed by atoms with E-state index in [1.54, 1.807) is 33.1 Å². The molecule has 9 heteroatoms. The van der Waals surface area contributed by atoms with E-state index in [4.69, 9.17) is 14.2 Å². The maximum Gasteiger partial charge on any atom is 0.320 e. The van der Waals surface area contributed by atoms with Crippen molar-refractivity contribution in [3.8, 4) is 5.75 Å². The fraction of sp³-hybridized carbons (Fsp3) is 0.421. The van der Waals surface area contributed by atoms with Gasteiger partial charge in [0.05, 0.1) is 31.3 Å². The summed E-state index contributed by atoms with van der Waals surface area (Å²) >= 11 is 2.20. The van der Waals surface area contributed by atoms with Crippen LogP contribution in [0.25, 0.3) is 0 Å². The SMILES string of the molecule is CCOC(=O)C1Sc2[nH]c(=O)sc2C(c2ccc(OC)cc2)C1C(=O)OCC. The number of esters is 2. The second-order valence-corrected chi connectivity index (χ2v) is 8.19. The van der Waals surface area contributed by atoms with E-state index >= 15 is 0 Å². The summed E-state index contributed by atoms with van der Waals surface area (Å²) < 4.78 is 15.7. The van der Waals surface area contributed by atoms with Crippen LogP contribution in [0.1, 0.15) is 30.2 Å². The molecule has 150 valence electrons. The van der Waals surface area contributed by atoms with E-state index in [1.807, 2.05) is 12.1 Å². The van der Waals surface area contributed by atoms with Crippen LogP contribution in [0.2, 0.25) is 0 Å². The Morgan fingerprint density at radius 2 is 1.71 bits per heavy atom. The Bertz CT molecular complexity index is 904. The van der Waals surface area contributed by atoms with Gasteiger partial charge < -0.3 is 19.2 Å². The van der Waals surface area contributed by atoms with Crippen molar-refractivity contribution in [3.63, 3.8) is 0 Å². The highest BCUT2D eigenvalue weighted by Gasteiger charge is 2.49. The Morgan fingerprint density at radius 3 is 2.32 bits per heavy atom. The van der Waals surface area contributed by atoms with Crippen molar-refractivity contribution in [2.45, 2.75) is 30.0 Å². The zero-order valence-electron chi connectivity index (χ0n) is 15.7. The molecule has 0 amide bonds. The Morgan fingerprint density at radius 1 is 1.07 bits per heavy atom. The maximum atomic E-state index is 12.9. The van der Waals surface area contributed by atoms with E-state index < -0.39 is 29.0 Å². The fourth-order valence-electron chi connectivity index (χ4n) is 3.24. The third-order valence-corrected chi connectivity index (χ3v) is 6.80. The summed E-state index contributed by atoms with van der Waals surface area (Å²) in [4.78, 5) is 40.8. The van der Waals surface area contributed by atoms with E-state index in [-0.39, 0.29) is 18.1 Å². The third-order valence-electron chi connectivity index (χ3n) is 4.41. The number of rotatable bonds is 6. The van der Waals surface area contributed by atoms with Crippen LogP contribution in [0, 0.1) is 5.92 Å². The van der Waals surface area contributed by atoms with Crippen LogP contribution in [0.3, 0.4) is 0 Å². The van der Waals surface area contributed by atoms with Gasteiger partial charge in [0.2, 0.25) is 0 Å². The first kappa shape index (κ1) is 20.5. The monoisotopic (exact) mass is 423 g/mol. The van der Waals surface area contributed by atoms with Crippen molar-refractivity contribution < 1.29 is 23.8 Å². The number of benzene rings is 1. The van der Waals surface area contributed by atoms with E-state index in [9.17, 15) is 14.4 Å². The first-order valence-electron chi connectivity index (χ1n) is 8.87. The Balaban J connectivity index is 2.14. The molecule has 0 radical (unpaired) electrons. The number of aromatic nitrogens is 1. The maximum absolute atomic E-state index is 12.9. The van der Waals surface area contributed by atoms with E-state index in [1.165, 1.54) is 0 Å². The molecule has 28 heavy (non-hydrogen) atoms. The first-order valence-corrected chi connectivity index (χ1v) is 10.6. The van der Waals surface area contributed by atoms with Crippen molar-refractivity contribution in [2.24, 2.45) is 5.92 Å². The van der Waals surface area contributed by atoms with Crippen molar-refractivity contribution in [1.29, 1.82) is 0 Å². The summed E-state index contributed by atoms with van der Waals surface area (Å²) in [7, 11) is 1.57. The summed E-state index contributed by atoms with van der Waals surface area (Å²) in [5.41, 5.74) is 0.796. The predicted octanol–water partition coefficient (Wildman–Crippen LogP) is 2.79. The third kappa shape index (κ3) is 3.95. The second-order valence-electron chi connectivity index (χ2n) is 6.03. The zero-order chi connectivity index (χ0) is 20.3. The lowest BCUT2D eigenvalue weighted by Crippen LogP contribution is -2.41. The van der Waals surface area contributed by atoms with Crippen molar-refractivity contribution in [3.05, 3.63) is 44.4 Å². The highest BCUT2D eigenvalue weighted by atomic mass is 32.2. The Hall–Kier alpha value is -2.26. The molecule has 0 bridgehead atoms. The molecule has 0 saturated heterocycles. The Labute approximate surface area is 170 Å². The van der Waals surface area contributed by atoms with Gasteiger partial charge in [-0.3, -0.25) is 14.4 Å². The largest absolute Gasteiger partial charge is 0.497 e. The molecule has 0 aliphatic carbocycles. The van der Waals surface area contributed by atoms with Crippen LogP contribution >= 0.6 is 23.1 Å². The molecule has 1 aliphatic heterocycles. The smallest absolute Gasteiger partial charge is 0.320 e. The number of methoxy groups -OCH3 is 1. The topological polar surface area (TPSA) is 94.7 Å². The lowest BCUT2D eigenvalue weighted by molar-refractivity contribution is -0.154. The summed E-state index contributed by atoms with van der Waals surface area (Å²) in [5.74, 6) is -1.62. The molecule has 0 fully saturated rings. The normalized spacial score (nSPS) is 20.9. The molecule has 1 aromatic carbocycles. The number of H-pyrrole nitrogens is 1. The minimum Gasteiger partial charge on any atom is -0.497 e. The van der Waals surface area contributed by atoms with Gasteiger partial charge in [-0.15, -0.1) is 0 Å². The number of nitrogens with one attached hydrogen (secondary N) is 1. The molecule has 7 nitrogen and oxygen atoms in total. The summed E-state index contributed by atoms with van der Waals surface area (Å²) in [5, 5.41) is -0.224. The molecule has 0 spiro atoms. The minimum atomic E-state index is -0.816. The highest BCUT2D eigenvalue weighted by Crippen LogP contribution is 2.50. The quantitative estimate of drug-likeness (QED) is 0.714. The molecule has 1 aromatic heterocycles. The average molecular weight is 424 g/mol. The number of carbonyl (C=O) groups is 2. The highest BCUT2D eigenvalue weighted by molar-refractivity contribution is 8.00. The molecule has 3 atom stereocenters. The van der Waals surface area contributed by atoms with Gasteiger partial charge in [-0.2, -0.15) is 0 Å². The number of thiazole rings is 1. The summed E-state index contributed by atoms with van der Waals surface area (Å²) in [6.07, 6.45) is 0. The zero-order valence-corrected chi connectivity index (χ0v) is 17.4. The van der Waals surface area contributed by atoms with Crippen LogP contribution in [-0.2, 0) is 19.1 Å². The van der Waals surface area contributed by atoms with Crippen molar-refractivity contribution in [1.82, 2.24) is 4.98 Å². The predicted molar refractivity (Wildman–Crippen MR) is 106 cm³/mol. The van der Waals surface area contributed by atoms with Crippen LogP contribution < -0.4 is 9.61 Å². The van der Waals surface area contributed by atoms with E-state index in [0.29, 0.717) is 10.8 Å². The van der Waals surface area contributed by atoms with E-state index in [0.717, 1.165) is 33.5 Å². The molecule has 0 saturated carbocycles.